The van der Waals surface area contributed by atoms with Crippen LogP contribution in [0.5, 0.6) is 0 Å². The first-order chi connectivity index (χ1) is 9.63. The van der Waals surface area contributed by atoms with Crippen molar-refractivity contribution >= 4 is 23.3 Å². The van der Waals surface area contributed by atoms with Gasteiger partial charge in [0.25, 0.3) is 0 Å². The lowest BCUT2D eigenvalue weighted by atomic mass is 10.2. The van der Waals surface area contributed by atoms with Crippen LogP contribution in [0.25, 0.3) is 4.85 Å². The van der Waals surface area contributed by atoms with Gasteiger partial charge in [0.15, 0.2) is 11.4 Å². The zero-order chi connectivity index (χ0) is 14.5. The normalized spacial score (nSPS) is 10.1. The summed E-state index contributed by atoms with van der Waals surface area (Å²) in [6, 6.07) is 6.68. The molecule has 6 heteroatoms. The minimum Gasteiger partial charge on any atom is -0.461 e. The molecule has 0 saturated heterocycles. The Morgan fingerprint density at radius 2 is 2.30 bits per heavy atom. The number of ether oxygens (including phenoxy) is 1. The summed E-state index contributed by atoms with van der Waals surface area (Å²) in [7, 11) is 0. The summed E-state index contributed by atoms with van der Waals surface area (Å²) >= 11 is 6.10. The van der Waals surface area contributed by atoms with E-state index in [2.05, 4.69) is 9.94 Å². The Morgan fingerprint density at radius 3 is 2.95 bits per heavy atom. The van der Waals surface area contributed by atoms with Crippen molar-refractivity contribution < 1.29 is 9.53 Å². The van der Waals surface area contributed by atoms with E-state index in [1.54, 1.807) is 42.1 Å². The van der Waals surface area contributed by atoms with E-state index in [-0.39, 0.29) is 5.69 Å². The quantitative estimate of drug-likeness (QED) is 0.641. The van der Waals surface area contributed by atoms with Crippen molar-refractivity contribution in [2.45, 2.75) is 13.5 Å². The van der Waals surface area contributed by atoms with Crippen molar-refractivity contribution in [2.24, 2.45) is 0 Å². The Kier molecular flexibility index (Phi) is 4.38. The van der Waals surface area contributed by atoms with Crippen molar-refractivity contribution in [3.05, 3.63) is 58.2 Å². The van der Waals surface area contributed by atoms with E-state index >= 15 is 0 Å². The van der Waals surface area contributed by atoms with E-state index in [0.29, 0.717) is 23.9 Å². The number of carbonyl (C=O) groups excluding carboxylic acids is 1. The largest absolute Gasteiger partial charge is 0.461 e. The molecule has 2 rings (SSSR count). The van der Waals surface area contributed by atoms with Crippen molar-refractivity contribution in [3.63, 3.8) is 0 Å². The third-order valence-electron chi connectivity index (χ3n) is 2.62. The Labute approximate surface area is 121 Å². The maximum atomic E-state index is 11.5. The molecule has 0 atom stereocenters. The summed E-state index contributed by atoms with van der Waals surface area (Å²) < 4.78 is 6.47. The second-order valence-corrected chi connectivity index (χ2v) is 4.41. The van der Waals surface area contributed by atoms with Gasteiger partial charge < -0.3 is 4.74 Å². The van der Waals surface area contributed by atoms with E-state index in [1.807, 2.05) is 0 Å². The van der Waals surface area contributed by atoms with Crippen molar-refractivity contribution in [2.75, 3.05) is 6.61 Å². The van der Waals surface area contributed by atoms with Crippen LogP contribution in [0, 0.1) is 6.57 Å². The van der Waals surface area contributed by atoms with E-state index in [1.165, 1.54) is 0 Å². The number of aromatic nitrogens is 2. The van der Waals surface area contributed by atoms with Gasteiger partial charge in [0.1, 0.15) is 0 Å². The van der Waals surface area contributed by atoms with Gasteiger partial charge >= 0.3 is 5.97 Å². The van der Waals surface area contributed by atoms with Gasteiger partial charge in [0.05, 0.1) is 19.7 Å². The second kappa shape index (κ2) is 6.22. The molecule has 0 radical (unpaired) electrons. The van der Waals surface area contributed by atoms with Crippen LogP contribution in [0.1, 0.15) is 23.0 Å². The minimum atomic E-state index is -0.444. The standard InChI is InChI=1S/C14H12ClN3O2/c1-3-20-14(19)13-6-7-18(17-13)9-10-4-5-11(16-2)8-12(10)15/h4-8H,3,9H2,1H3. The Hall–Kier alpha value is -2.32. The summed E-state index contributed by atoms with van der Waals surface area (Å²) in [5.41, 5.74) is 1.59. The van der Waals surface area contributed by atoms with Crippen molar-refractivity contribution in [1.82, 2.24) is 9.78 Å². The highest BCUT2D eigenvalue weighted by Crippen LogP contribution is 2.23. The monoisotopic (exact) mass is 289 g/mol. The molecule has 1 aromatic carbocycles. The first kappa shape index (κ1) is 14.1. The summed E-state index contributed by atoms with van der Waals surface area (Å²) in [4.78, 5) is 14.8. The number of hydrogen-bond donors (Lipinski definition) is 0. The molecule has 0 aliphatic carbocycles. The first-order valence-corrected chi connectivity index (χ1v) is 6.38. The van der Waals surface area contributed by atoms with Gasteiger partial charge in [0, 0.05) is 11.2 Å². The Morgan fingerprint density at radius 1 is 1.50 bits per heavy atom. The van der Waals surface area contributed by atoms with E-state index in [9.17, 15) is 4.79 Å². The molecule has 102 valence electrons. The molecule has 20 heavy (non-hydrogen) atoms. The fourth-order valence-electron chi connectivity index (χ4n) is 1.67. The number of rotatable bonds is 4. The van der Waals surface area contributed by atoms with Crippen LogP contribution >= 0.6 is 11.6 Å². The van der Waals surface area contributed by atoms with Gasteiger partial charge in [-0.1, -0.05) is 23.7 Å². The lowest BCUT2D eigenvalue weighted by molar-refractivity contribution is 0.0518. The SMILES string of the molecule is [C-]#[N+]c1ccc(Cn2ccc(C(=O)OCC)n2)c(Cl)c1. The highest BCUT2D eigenvalue weighted by Gasteiger charge is 2.11. The van der Waals surface area contributed by atoms with Crippen molar-refractivity contribution in [3.8, 4) is 0 Å². The predicted octanol–water partition coefficient (Wildman–Crippen LogP) is 3.31. The maximum Gasteiger partial charge on any atom is 0.358 e. The zero-order valence-electron chi connectivity index (χ0n) is 10.8. The van der Waals surface area contributed by atoms with E-state index in [4.69, 9.17) is 22.9 Å². The average Bonchev–Trinajstić information content (AvgIpc) is 2.90. The van der Waals surface area contributed by atoms with Gasteiger partial charge in [-0.3, -0.25) is 4.68 Å². The molecular weight excluding hydrogens is 278 g/mol. The molecule has 0 fully saturated rings. The molecule has 1 heterocycles. The topological polar surface area (TPSA) is 48.5 Å². The van der Waals surface area contributed by atoms with Gasteiger partial charge in [-0.25, -0.2) is 9.64 Å². The van der Waals surface area contributed by atoms with Crippen molar-refractivity contribution in [1.29, 1.82) is 0 Å². The van der Waals surface area contributed by atoms with Crippen LogP contribution in [0.2, 0.25) is 5.02 Å². The van der Waals surface area contributed by atoms with Crippen LogP contribution in [0.4, 0.5) is 5.69 Å². The smallest absolute Gasteiger partial charge is 0.358 e. The summed E-state index contributed by atoms with van der Waals surface area (Å²) in [5, 5.41) is 4.64. The Bertz CT molecular complexity index is 673. The molecular formula is C14H12ClN3O2. The van der Waals surface area contributed by atoms with Gasteiger partial charge in [-0.15, -0.1) is 0 Å². The highest BCUT2D eigenvalue weighted by atomic mass is 35.5. The first-order valence-electron chi connectivity index (χ1n) is 6.00. The molecule has 0 saturated carbocycles. The molecule has 0 aliphatic heterocycles. The molecule has 0 unspecified atom stereocenters. The molecule has 0 aliphatic rings. The third-order valence-corrected chi connectivity index (χ3v) is 2.98. The lowest BCUT2D eigenvalue weighted by Crippen LogP contribution is -2.08. The average molecular weight is 290 g/mol. The summed E-state index contributed by atoms with van der Waals surface area (Å²) in [6.45, 7) is 9.41. The van der Waals surface area contributed by atoms with E-state index < -0.39 is 5.97 Å². The molecule has 0 spiro atoms. The summed E-state index contributed by atoms with van der Waals surface area (Å²) in [6.07, 6.45) is 1.69. The van der Waals surface area contributed by atoms with Crippen LogP contribution in [-0.4, -0.2) is 22.4 Å². The molecule has 0 amide bonds. The fourth-order valence-corrected chi connectivity index (χ4v) is 1.91. The predicted molar refractivity (Wildman–Crippen MR) is 75.0 cm³/mol. The van der Waals surface area contributed by atoms with E-state index in [0.717, 1.165) is 5.56 Å². The Balaban J connectivity index is 2.15. The van der Waals surface area contributed by atoms with Gasteiger partial charge in [-0.2, -0.15) is 5.10 Å². The number of hydrogen-bond acceptors (Lipinski definition) is 3. The highest BCUT2D eigenvalue weighted by molar-refractivity contribution is 6.31. The van der Waals surface area contributed by atoms with Crippen LogP contribution < -0.4 is 0 Å². The second-order valence-electron chi connectivity index (χ2n) is 4.01. The number of esters is 1. The number of nitrogens with zero attached hydrogens (tertiary/aromatic N) is 3. The van der Waals surface area contributed by atoms with Crippen LogP contribution in [0.15, 0.2) is 30.5 Å². The number of benzene rings is 1. The maximum absolute atomic E-state index is 11.5. The minimum absolute atomic E-state index is 0.265. The molecule has 1 aromatic heterocycles. The lowest BCUT2D eigenvalue weighted by Gasteiger charge is -2.05. The summed E-state index contributed by atoms with van der Waals surface area (Å²) in [5.74, 6) is -0.444. The molecule has 0 N–H and O–H groups in total. The number of carbonyl (C=O) groups is 1. The van der Waals surface area contributed by atoms with Crippen LogP contribution in [-0.2, 0) is 11.3 Å². The molecule has 0 bridgehead atoms. The van der Waals surface area contributed by atoms with Gasteiger partial charge in [0.2, 0.25) is 0 Å². The van der Waals surface area contributed by atoms with Gasteiger partial charge in [-0.05, 0) is 24.6 Å². The molecule has 5 nitrogen and oxygen atoms in total. The fraction of sp³-hybridized carbons (Fsp3) is 0.214. The number of halogens is 1. The molecule has 2 aromatic rings. The van der Waals surface area contributed by atoms with Crippen LogP contribution in [0.3, 0.4) is 0 Å². The third kappa shape index (κ3) is 3.16. The zero-order valence-corrected chi connectivity index (χ0v) is 11.6.